The van der Waals surface area contributed by atoms with Gasteiger partial charge in [0.1, 0.15) is 5.75 Å². The number of aromatic amines is 1. The second-order valence-corrected chi connectivity index (χ2v) is 6.73. The monoisotopic (exact) mass is 379 g/mol. The van der Waals surface area contributed by atoms with E-state index in [1.807, 2.05) is 55.6 Å². The lowest BCUT2D eigenvalue weighted by molar-refractivity contribution is -0.121. The third-order valence-corrected chi connectivity index (χ3v) is 4.69. The van der Waals surface area contributed by atoms with Crippen LogP contribution >= 0.6 is 0 Å². The summed E-state index contributed by atoms with van der Waals surface area (Å²) in [6, 6.07) is 13.6. The molecule has 0 fully saturated rings. The molecule has 0 unspecified atom stereocenters. The summed E-state index contributed by atoms with van der Waals surface area (Å²) in [7, 11) is 1.58. The number of methoxy groups -OCH3 is 1. The first-order chi connectivity index (χ1) is 13.5. The van der Waals surface area contributed by atoms with E-state index in [9.17, 15) is 9.59 Å². The summed E-state index contributed by atoms with van der Waals surface area (Å²) in [4.78, 5) is 29.3. The molecule has 2 N–H and O–H groups in total. The van der Waals surface area contributed by atoms with Crippen LogP contribution in [0, 0.1) is 6.92 Å². The number of aryl methyl sites for hydroxylation is 1. The Morgan fingerprint density at radius 3 is 2.71 bits per heavy atom. The van der Waals surface area contributed by atoms with Crippen molar-refractivity contribution < 1.29 is 14.3 Å². The van der Waals surface area contributed by atoms with E-state index in [1.54, 1.807) is 12.0 Å². The number of nitrogens with zero attached hydrogens (tertiary/aromatic N) is 1. The van der Waals surface area contributed by atoms with Crippen LogP contribution in [-0.2, 0) is 16.0 Å². The molecule has 3 rings (SSSR count). The Kier molecular flexibility index (Phi) is 5.99. The Labute approximate surface area is 164 Å². The molecule has 0 radical (unpaired) electrons. The lowest BCUT2D eigenvalue weighted by Gasteiger charge is -2.24. The van der Waals surface area contributed by atoms with Crippen molar-refractivity contribution in [2.24, 2.45) is 0 Å². The number of rotatable bonds is 7. The molecule has 0 aliphatic rings. The van der Waals surface area contributed by atoms with Crippen molar-refractivity contribution in [3.05, 3.63) is 59.8 Å². The maximum absolute atomic E-state index is 12.4. The minimum absolute atomic E-state index is 0.0792. The normalized spacial score (nSPS) is 10.7. The lowest BCUT2D eigenvalue weighted by Crippen LogP contribution is -2.38. The van der Waals surface area contributed by atoms with Gasteiger partial charge in [-0.3, -0.25) is 9.59 Å². The summed E-state index contributed by atoms with van der Waals surface area (Å²) in [5.41, 5.74) is 3.71. The van der Waals surface area contributed by atoms with Gasteiger partial charge in [0.2, 0.25) is 11.8 Å². The Balaban J connectivity index is 1.63. The molecule has 6 nitrogen and oxygen atoms in total. The smallest absolute Gasteiger partial charge is 0.224 e. The first-order valence-corrected chi connectivity index (χ1v) is 9.24. The second kappa shape index (κ2) is 8.61. The highest BCUT2D eigenvalue weighted by atomic mass is 16.5. The van der Waals surface area contributed by atoms with E-state index in [2.05, 4.69) is 10.3 Å². The van der Waals surface area contributed by atoms with E-state index in [-0.39, 0.29) is 18.2 Å². The zero-order valence-corrected chi connectivity index (χ0v) is 16.4. The number of hydrogen-bond donors (Lipinski definition) is 2. The first-order valence-electron chi connectivity index (χ1n) is 9.24. The fourth-order valence-corrected chi connectivity index (χ4v) is 3.28. The van der Waals surface area contributed by atoms with Gasteiger partial charge in [0, 0.05) is 37.1 Å². The first kappa shape index (κ1) is 19.5. The number of benzene rings is 2. The van der Waals surface area contributed by atoms with Crippen LogP contribution in [0.4, 0.5) is 5.69 Å². The second-order valence-electron chi connectivity index (χ2n) is 6.73. The average Bonchev–Trinajstić information content (AvgIpc) is 3.08. The van der Waals surface area contributed by atoms with E-state index in [1.165, 1.54) is 6.92 Å². The molecule has 28 heavy (non-hydrogen) atoms. The zero-order chi connectivity index (χ0) is 20.1. The predicted molar refractivity (Wildman–Crippen MR) is 111 cm³/mol. The maximum Gasteiger partial charge on any atom is 0.224 e. The molecule has 0 bridgehead atoms. The van der Waals surface area contributed by atoms with Crippen LogP contribution in [0.15, 0.2) is 48.7 Å². The molecule has 2 aromatic carbocycles. The maximum atomic E-state index is 12.4. The number of amides is 2. The largest absolute Gasteiger partial charge is 0.495 e. The van der Waals surface area contributed by atoms with Crippen molar-refractivity contribution in [1.82, 2.24) is 10.3 Å². The summed E-state index contributed by atoms with van der Waals surface area (Å²) >= 11 is 0. The molecule has 6 heteroatoms. The van der Waals surface area contributed by atoms with E-state index in [0.717, 1.165) is 22.0 Å². The summed E-state index contributed by atoms with van der Waals surface area (Å²) in [6.45, 7) is 4.20. The van der Waals surface area contributed by atoms with Crippen LogP contribution in [0.1, 0.15) is 18.1 Å². The van der Waals surface area contributed by atoms with E-state index in [0.29, 0.717) is 24.5 Å². The molecular formula is C22H25N3O3. The number of para-hydroxylation sites is 1. The molecule has 0 spiro atoms. The van der Waals surface area contributed by atoms with Gasteiger partial charge in [0.25, 0.3) is 0 Å². The summed E-state index contributed by atoms with van der Waals surface area (Å²) in [6.07, 6.45) is 2.15. The molecule has 1 aromatic heterocycles. The molecule has 0 aliphatic carbocycles. The van der Waals surface area contributed by atoms with Crippen LogP contribution in [0.5, 0.6) is 5.75 Å². The number of fused-ring (bicyclic) bond motifs is 1. The van der Waals surface area contributed by atoms with Gasteiger partial charge in [0.15, 0.2) is 0 Å². The highest BCUT2D eigenvalue weighted by Gasteiger charge is 2.17. The van der Waals surface area contributed by atoms with Gasteiger partial charge in [-0.05, 0) is 36.2 Å². The SMILES string of the molecule is COc1ccc(C)cc1N(CCNC(=O)Cc1c[nH]c2ccccc12)C(C)=O. The van der Waals surface area contributed by atoms with E-state index in [4.69, 9.17) is 4.74 Å². The summed E-state index contributed by atoms with van der Waals surface area (Å²) < 4.78 is 5.39. The number of anilines is 1. The van der Waals surface area contributed by atoms with E-state index >= 15 is 0 Å². The van der Waals surface area contributed by atoms with Crippen molar-refractivity contribution in [3.63, 3.8) is 0 Å². The molecule has 2 amide bonds. The van der Waals surface area contributed by atoms with Crippen LogP contribution in [0.3, 0.4) is 0 Å². The highest BCUT2D eigenvalue weighted by Crippen LogP contribution is 2.29. The Morgan fingerprint density at radius 2 is 1.96 bits per heavy atom. The van der Waals surface area contributed by atoms with Gasteiger partial charge in [-0.1, -0.05) is 24.3 Å². The van der Waals surface area contributed by atoms with Crippen molar-refractivity contribution >= 4 is 28.4 Å². The number of nitrogens with one attached hydrogen (secondary N) is 2. The molecule has 3 aromatic rings. The van der Waals surface area contributed by atoms with Crippen LogP contribution in [-0.4, -0.2) is 37.0 Å². The number of carbonyl (C=O) groups is 2. The quantitative estimate of drug-likeness (QED) is 0.662. The van der Waals surface area contributed by atoms with Gasteiger partial charge >= 0.3 is 0 Å². The Morgan fingerprint density at radius 1 is 1.18 bits per heavy atom. The lowest BCUT2D eigenvalue weighted by atomic mass is 10.1. The molecule has 1 heterocycles. The fourth-order valence-electron chi connectivity index (χ4n) is 3.28. The third-order valence-electron chi connectivity index (χ3n) is 4.69. The Bertz CT molecular complexity index is 994. The van der Waals surface area contributed by atoms with Crippen LogP contribution in [0.25, 0.3) is 10.9 Å². The summed E-state index contributed by atoms with van der Waals surface area (Å²) in [5.74, 6) is 0.449. The minimum Gasteiger partial charge on any atom is -0.495 e. The molecular weight excluding hydrogens is 354 g/mol. The number of hydrogen-bond acceptors (Lipinski definition) is 3. The number of carbonyl (C=O) groups excluding carboxylic acids is 2. The van der Waals surface area contributed by atoms with Gasteiger partial charge in [-0.15, -0.1) is 0 Å². The van der Waals surface area contributed by atoms with Crippen molar-refractivity contribution in [2.45, 2.75) is 20.3 Å². The third kappa shape index (κ3) is 4.34. The minimum atomic E-state index is -0.102. The zero-order valence-electron chi connectivity index (χ0n) is 16.4. The van der Waals surface area contributed by atoms with Gasteiger partial charge < -0.3 is 19.9 Å². The molecule has 146 valence electrons. The Hall–Kier alpha value is -3.28. The predicted octanol–water partition coefficient (Wildman–Crippen LogP) is 3.20. The van der Waals surface area contributed by atoms with Crippen molar-refractivity contribution in [2.75, 3.05) is 25.1 Å². The average molecular weight is 379 g/mol. The number of ether oxygens (including phenoxy) is 1. The fraction of sp³-hybridized carbons (Fsp3) is 0.273. The van der Waals surface area contributed by atoms with Crippen molar-refractivity contribution in [3.8, 4) is 5.75 Å². The molecule has 0 atom stereocenters. The van der Waals surface area contributed by atoms with Gasteiger partial charge in [-0.25, -0.2) is 0 Å². The topological polar surface area (TPSA) is 74.4 Å². The van der Waals surface area contributed by atoms with Crippen LogP contribution in [0.2, 0.25) is 0 Å². The number of H-pyrrole nitrogens is 1. The number of aromatic nitrogens is 1. The van der Waals surface area contributed by atoms with E-state index < -0.39 is 0 Å². The standard InChI is InChI=1S/C22H25N3O3/c1-15-8-9-21(28-3)20(12-15)25(16(2)26)11-10-23-22(27)13-17-14-24-19-7-5-4-6-18(17)19/h4-9,12,14,24H,10-11,13H2,1-3H3,(H,23,27). The molecule has 0 saturated carbocycles. The van der Waals surface area contributed by atoms with Crippen LogP contribution < -0.4 is 15.0 Å². The van der Waals surface area contributed by atoms with Gasteiger partial charge in [0.05, 0.1) is 19.2 Å². The molecule has 0 saturated heterocycles. The summed E-state index contributed by atoms with van der Waals surface area (Å²) in [5, 5.41) is 3.95. The highest BCUT2D eigenvalue weighted by molar-refractivity contribution is 5.93. The van der Waals surface area contributed by atoms with Crippen molar-refractivity contribution in [1.29, 1.82) is 0 Å². The van der Waals surface area contributed by atoms with Gasteiger partial charge in [-0.2, -0.15) is 0 Å². The molecule has 0 aliphatic heterocycles.